The first-order valence-electron chi connectivity index (χ1n) is 7.63. The molecule has 25 heavy (non-hydrogen) atoms. The number of phenolic OH excluding ortho intramolecular Hbond substituents is 1. The number of phenols is 1. The summed E-state index contributed by atoms with van der Waals surface area (Å²) < 4.78 is 4.95. The molecule has 7 heteroatoms. The second kappa shape index (κ2) is 8.49. The Hall–Kier alpha value is -3.35. The van der Waals surface area contributed by atoms with E-state index in [1.165, 1.54) is 19.4 Å². The molecule has 7 nitrogen and oxygen atoms in total. The summed E-state index contributed by atoms with van der Waals surface area (Å²) in [7, 11) is 1.46. The predicted molar refractivity (Wildman–Crippen MR) is 95.1 cm³/mol. The molecule has 0 bridgehead atoms. The van der Waals surface area contributed by atoms with Crippen LogP contribution in [0, 0.1) is 0 Å². The molecule has 0 unspecified atom stereocenters. The number of methoxy groups -OCH3 is 1. The van der Waals surface area contributed by atoms with Crippen molar-refractivity contribution in [3.8, 4) is 11.5 Å². The van der Waals surface area contributed by atoms with E-state index in [1.807, 2.05) is 0 Å². The summed E-state index contributed by atoms with van der Waals surface area (Å²) in [6, 6.07) is 11.2. The molecular weight excluding hydrogens is 322 g/mol. The highest BCUT2D eigenvalue weighted by atomic mass is 16.5. The third kappa shape index (κ3) is 5.07. The van der Waals surface area contributed by atoms with Gasteiger partial charge in [-0.1, -0.05) is 6.92 Å². The summed E-state index contributed by atoms with van der Waals surface area (Å²) in [6.45, 7) is 1.76. The Morgan fingerprint density at radius 2 is 1.92 bits per heavy atom. The van der Waals surface area contributed by atoms with Crippen LogP contribution in [0.1, 0.15) is 29.3 Å². The van der Waals surface area contributed by atoms with Crippen molar-refractivity contribution in [1.29, 1.82) is 0 Å². The average molecular weight is 341 g/mol. The lowest BCUT2D eigenvalue weighted by atomic mass is 10.2. The van der Waals surface area contributed by atoms with E-state index in [2.05, 4.69) is 15.8 Å². The highest BCUT2D eigenvalue weighted by Gasteiger charge is 2.05. The van der Waals surface area contributed by atoms with Crippen LogP contribution in [-0.2, 0) is 4.79 Å². The minimum absolute atomic E-state index is 0.0116. The molecule has 0 aromatic heterocycles. The predicted octanol–water partition coefficient (Wildman–Crippen LogP) is 2.51. The maximum atomic E-state index is 12.0. The summed E-state index contributed by atoms with van der Waals surface area (Å²) in [4.78, 5) is 23.3. The highest BCUT2D eigenvalue weighted by molar-refractivity contribution is 5.96. The number of benzene rings is 2. The molecule has 0 aliphatic carbocycles. The van der Waals surface area contributed by atoms with Gasteiger partial charge in [0.2, 0.25) is 5.91 Å². The first kappa shape index (κ1) is 18.0. The van der Waals surface area contributed by atoms with Crippen molar-refractivity contribution in [1.82, 2.24) is 5.43 Å². The van der Waals surface area contributed by atoms with E-state index in [0.29, 0.717) is 29.0 Å². The van der Waals surface area contributed by atoms with Gasteiger partial charge in [-0.05, 0) is 48.0 Å². The number of hydrogen-bond acceptors (Lipinski definition) is 5. The Kier molecular flexibility index (Phi) is 6.11. The third-order valence-electron chi connectivity index (χ3n) is 3.33. The fourth-order valence-electron chi connectivity index (χ4n) is 1.97. The average Bonchev–Trinajstić information content (AvgIpc) is 2.62. The number of hydrogen-bond donors (Lipinski definition) is 3. The van der Waals surface area contributed by atoms with Crippen molar-refractivity contribution in [2.75, 3.05) is 12.4 Å². The van der Waals surface area contributed by atoms with Crippen LogP contribution in [0.2, 0.25) is 0 Å². The smallest absolute Gasteiger partial charge is 0.271 e. The Morgan fingerprint density at radius 3 is 2.52 bits per heavy atom. The van der Waals surface area contributed by atoms with Gasteiger partial charge in [0.05, 0.1) is 13.3 Å². The molecule has 0 aliphatic heterocycles. The lowest BCUT2D eigenvalue weighted by Gasteiger charge is -2.05. The Labute approximate surface area is 145 Å². The molecule has 0 fully saturated rings. The second-order valence-corrected chi connectivity index (χ2v) is 5.11. The van der Waals surface area contributed by atoms with E-state index in [-0.39, 0.29) is 17.6 Å². The van der Waals surface area contributed by atoms with Crippen molar-refractivity contribution >= 4 is 23.7 Å². The van der Waals surface area contributed by atoms with Crippen LogP contribution >= 0.6 is 0 Å². The molecule has 2 aromatic rings. The molecule has 2 aromatic carbocycles. The van der Waals surface area contributed by atoms with Gasteiger partial charge in [-0.3, -0.25) is 9.59 Å². The van der Waals surface area contributed by atoms with E-state index >= 15 is 0 Å². The van der Waals surface area contributed by atoms with Gasteiger partial charge < -0.3 is 15.2 Å². The fraction of sp³-hybridized carbons (Fsp3) is 0.167. The third-order valence-corrected chi connectivity index (χ3v) is 3.33. The van der Waals surface area contributed by atoms with Crippen LogP contribution in [0.25, 0.3) is 0 Å². The van der Waals surface area contributed by atoms with Gasteiger partial charge in [0.25, 0.3) is 5.91 Å². The number of nitrogens with one attached hydrogen (secondary N) is 2. The van der Waals surface area contributed by atoms with Crippen molar-refractivity contribution < 1.29 is 19.4 Å². The molecule has 0 saturated carbocycles. The largest absolute Gasteiger partial charge is 0.504 e. The number of nitrogens with zero attached hydrogens (tertiary/aromatic N) is 1. The lowest BCUT2D eigenvalue weighted by Crippen LogP contribution is -2.17. The lowest BCUT2D eigenvalue weighted by molar-refractivity contribution is -0.115. The van der Waals surface area contributed by atoms with Gasteiger partial charge in [0, 0.05) is 17.7 Å². The number of hydrazone groups is 1. The van der Waals surface area contributed by atoms with Crippen molar-refractivity contribution in [2.24, 2.45) is 5.10 Å². The minimum atomic E-state index is -0.387. The van der Waals surface area contributed by atoms with Gasteiger partial charge in [-0.2, -0.15) is 5.10 Å². The number of ether oxygens (including phenoxy) is 1. The van der Waals surface area contributed by atoms with Gasteiger partial charge in [-0.25, -0.2) is 5.43 Å². The van der Waals surface area contributed by atoms with Crippen molar-refractivity contribution in [3.05, 3.63) is 53.6 Å². The van der Waals surface area contributed by atoms with E-state index in [1.54, 1.807) is 43.3 Å². The zero-order chi connectivity index (χ0) is 18.2. The number of anilines is 1. The van der Waals surface area contributed by atoms with Gasteiger partial charge >= 0.3 is 0 Å². The molecule has 0 radical (unpaired) electrons. The molecule has 0 saturated heterocycles. The van der Waals surface area contributed by atoms with E-state index < -0.39 is 0 Å². The number of rotatable bonds is 6. The monoisotopic (exact) mass is 341 g/mol. The molecule has 2 amide bonds. The summed E-state index contributed by atoms with van der Waals surface area (Å²) >= 11 is 0. The maximum absolute atomic E-state index is 12.0. The minimum Gasteiger partial charge on any atom is -0.504 e. The molecular formula is C18H19N3O4. The van der Waals surface area contributed by atoms with Crippen LogP contribution < -0.4 is 15.5 Å². The van der Waals surface area contributed by atoms with Crippen LogP contribution in [0.4, 0.5) is 5.69 Å². The normalized spacial score (nSPS) is 10.5. The van der Waals surface area contributed by atoms with Crippen LogP contribution in [0.5, 0.6) is 11.5 Å². The molecule has 0 spiro atoms. The molecule has 0 heterocycles. The SMILES string of the molecule is CCC(=O)Nc1ccc(C(=O)N/N=C/c2ccc(OC)c(O)c2)cc1. The van der Waals surface area contributed by atoms with Gasteiger partial charge in [0.15, 0.2) is 11.5 Å². The zero-order valence-corrected chi connectivity index (χ0v) is 13.9. The van der Waals surface area contributed by atoms with Crippen LogP contribution in [-0.4, -0.2) is 30.2 Å². The van der Waals surface area contributed by atoms with Gasteiger partial charge in [0.1, 0.15) is 0 Å². The highest BCUT2D eigenvalue weighted by Crippen LogP contribution is 2.25. The summed E-state index contributed by atoms with van der Waals surface area (Å²) in [5.41, 5.74) is 4.04. The van der Waals surface area contributed by atoms with E-state index in [9.17, 15) is 14.7 Å². The van der Waals surface area contributed by atoms with E-state index in [0.717, 1.165) is 0 Å². The number of carbonyl (C=O) groups excluding carboxylic acids is 2. The number of aromatic hydroxyl groups is 1. The number of carbonyl (C=O) groups is 2. The topological polar surface area (TPSA) is 100 Å². The Bertz CT molecular complexity index is 785. The molecule has 0 aliphatic rings. The molecule has 3 N–H and O–H groups in total. The van der Waals surface area contributed by atoms with Gasteiger partial charge in [-0.15, -0.1) is 0 Å². The first-order chi connectivity index (χ1) is 12.0. The number of amides is 2. The van der Waals surface area contributed by atoms with E-state index in [4.69, 9.17) is 4.74 Å². The fourth-order valence-corrected chi connectivity index (χ4v) is 1.97. The summed E-state index contributed by atoms with van der Waals surface area (Å²) in [6.07, 6.45) is 1.80. The summed E-state index contributed by atoms with van der Waals surface area (Å²) in [5.74, 6) is -0.133. The second-order valence-electron chi connectivity index (χ2n) is 5.11. The maximum Gasteiger partial charge on any atom is 0.271 e. The standard InChI is InChI=1S/C18H19N3O4/c1-3-17(23)20-14-7-5-13(6-8-14)18(24)21-19-11-12-4-9-16(25-2)15(22)10-12/h4-11,22H,3H2,1-2H3,(H,20,23)(H,21,24)/b19-11+. The zero-order valence-electron chi connectivity index (χ0n) is 13.9. The molecule has 0 atom stereocenters. The quantitative estimate of drug-likeness (QED) is 0.555. The summed E-state index contributed by atoms with van der Waals surface area (Å²) in [5, 5.41) is 16.2. The Balaban J connectivity index is 1.95. The van der Waals surface area contributed by atoms with Crippen LogP contribution in [0.15, 0.2) is 47.6 Å². The van der Waals surface area contributed by atoms with Crippen molar-refractivity contribution in [2.45, 2.75) is 13.3 Å². The molecule has 130 valence electrons. The van der Waals surface area contributed by atoms with Crippen molar-refractivity contribution in [3.63, 3.8) is 0 Å². The molecule has 2 rings (SSSR count). The Morgan fingerprint density at radius 1 is 1.20 bits per heavy atom. The first-order valence-corrected chi connectivity index (χ1v) is 7.63. The van der Waals surface area contributed by atoms with Crippen LogP contribution in [0.3, 0.4) is 0 Å².